The maximum absolute atomic E-state index is 13.1. The lowest BCUT2D eigenvalue weighted by molar-refractivity contribution is -0.156. The number of rotatable bonds is 3. The van der Waals surface area contributed by atoms with Crippen molar-refractivity contribution in [2.45, 2.75) is 52.1 Å². The molecule has 6 heteroatoms. The Morgan fingerprint density at radius 1 is 1.37 bits per heavy atom. The van der Waals surface area contributed by atoms with Crippen molar-refractivity contribution in [2.24, 2.45) is 17.3 Å². The van der Waals surface area contributed by atoms with E-state index in [-0.39, 0.29) is 42.3 Å². The van der Waals surface area contributed by atoms with Crippen LogP contribution in [-0.2, 0) is 23.9 Å². The summed E-state index contributed by atoms with van der Waals surface area (Å²) in [6.07, 6.45) is 6.10. The zero-order valence-corrected chi connectivity index (χ0v) is 15.7. The molecule has 1 aromatic rings. The summed E-state index contributed by atoms with van der Waals surface area (Å²) >= 11 is 0. The van der Waals surface area contributed by atoms with Crippen molar-refractivity contribution < 1.29 is 28.3 Å². The Labute approximate surface area is 157 Å². The number of esters is 2. The first-order valence-electron chi connectivity index (χ1n) is 9.55. The fraction of sp³-hybridized carbons (Fsp3) is 0.571. The van der Waals surface area contributed by atoms with Gasteiger partial charge >= 0.3 is 11.9 Å². The van der Waals surface area contributed by atoms with E-state index in [0.29, 0.717) is 18.4 Å². The molecule has 1 saturated heterocycles. The first-order valence-corrected chi connectivity index (χ1v) is 9.55. The molecule has 1 aromatic heterocycles. The van der Waals surface area contributed by atoms with Gasteiger partial charge in [0.2, 0.25) is 0 Å². The van der Waals surface area contributed by atoms with Gasteiger partial charge in [-0.3, -0.25) is 14.4 Å². The Bertz CT molecular complexity index is 805. The zero-order valence-electron chi connectivity index (χ0n) is 15.7. The van der Waals surface area contributed by atoms with Crippen molar-refractivity contribution in [2.75, 3.05) is 6.61 Å². The van der Waals surface area contributed by atoms with E-state index in [4.69, 9.17) is 13.9 Å². The molecule has 1 aliphatic heterocycles. The van der Waals surface area contributed by atoms with Gasteiger partial charge in [0, 0.05) is 36.8 Å². The highest BCUT2D eigenvalue weighted by Crippen LogP contribution is 2.60. The van der Waals surface area contributed by atoms with Crippen LogP contribution in [0.4, 0.5) is 0 Å². The molecule has 1 spiro atoms. The normalized spacial score (nSPS) is 33.2. The molecule has 1 saturated carbocycles. The summed E-state index contributed by atoms with van der Waals surface area (Å²) < 4.78 is 16.1. The van der Waals surface area contributed by atoms with E-state index in [1.165, 1.54) is 6.92 Å². The molecule has 2 aliphatic carbocycles. The monoisotopic (exact) mass is 372 g/mol. The fourth-order valence-corrected chi connectivity index (χ4v) is 5.21. The maximum Gasteiger partial charge on any atom is 0.313 e. The predicted octanol–water partition coefficient (Wildman–Crippen LogP) is 3.52. The second-order valence-electron chi connectivity index (χ2n) is 7.97. The van der Waals surface area contributed by atoms with E-state index >= 15 is 0 Å². The van der Waals surface area contributed by atoms with Crippen LogP contribution in [0.25, 0.3) is 0 Å². The van der Waals surface area contributed by atoms with Crippen molar-refractivity contribution >= 4 is 17.7 Å². The summed E-state index contributed by atoms with van der Waals surface area (Å²) in [6.45, 7) is 3.48. The molecule has 0 N–H and O–H groups in total. The number of fused-ring (bicyclic) bond motifs is 2. The van der Waals surface area contributed by atoms with Crippen molar-refractivity contribution in [3.8, 4) is 0 Å². The van der Waals surface area contributed by atoms with Gasteiger partial charge in [0.05, 0.1) is 17.9 Å². The molecule has 2 heterocycles. The van der Waals surface area contributed by atoms with E-state index in [2.05, 4.69) is 0 Å². The van der Waals surface area contributed by atoms with E-state index in [9.17, 15) is 14.4 Å². The predicted molar refractivity (Wildman–Crippen MR) is 94.4 cm³/mol. The standard InChI is InChI=1S/C21H24O6/c1-12-8-17(23)19-15(11-26-13(2)22)4-3-5-16(19)21(12)9-18(27-20(21)24)14-6-7-25-10-14/h6-7,10,12,16,18H,3-5,8-9,11H2,1-2H3/t12-,16+,18+,21-/m1/s1. The number of ketones is 1. The molecule has 0 bridgehead atoms. The van der Waals surface area contributed by atoms with Gasteiger partial charge in [0.25, 0.3) is 0 Å². The quantitative estimate of drug-likeness (QED) is 0.755. The number of hydrogen-bond acceptors (Lipinski definition) is 6. The van der Waals surface area contributed by atoms with Crippen LogP contribution >= 0.6 is 0 Å². The van der Waals surface area contributed by atoms with E-state index in [0.717, 1.165) is 30.4 Å². The van der Waals surface area contributed by atoms with Crippen LogP contribution < -0.4 is 0 Å². The Balaban J connectivity index is 1.73. The molecule has 27 heavy (non-hydrogen) atoms. The van der Waals surface area contributed by atoms with Crippen molar-refractivity contribution in [1.82, 2.24) is 0 Å². The largest absolute Gasteiger partial charge is 0.472 e. The van der Waals surface area contributed by atoms with Crippen molar-refractivity contribution in [1.29, 1.82) is 0 Å². The SMILES string of the molecule is CC(=O)OCC1=C2C(=O)C[C@@H](C)[C@]3(C[C@@H](c4ccoc4)OC3=O)[C@H]2CCC1. The second kappa shape index (κ2) is 6.66. The van der Waals surface area contributed by atoms with Crippen molar-refractivity contribution in [3.63, 3.8) is 0 Å². The number of carbonyl (C=O) groups is 3. The highest BCUT2D eigenvalue weighted by atomic mass is 16.6. The summed E-state index contributed by atoms with van der Waals surface area (Å²) in [7, 11) is 0. The lowest BCUT2D eigenvalue weighted by Crippen LogP contribution is -2.49. The Morgan fingerprint density at radius 2 is 2.19 bits per heavy atom. The van der Waals surface area contributed by atoms with Gasteiger partial charge < -0.3 is 13.9 Å². The van der Waals surface area contributed by atoms with Crippen LogP contribution in [0.2, 0.25) is 0 Å². The van der Waals surface area contributed by atoms with E-state index in [1.807, 2.05) is 13.0 Å². The minimum absolute atomic E-state index is 0.0829. The van der Waals surface area contributed by atoms with Gasteiger partial charge in [-0.2, -0.15) is 0 Å². The van der Waals surface area contributed by atoms with Gasteiger partial charge in [-0.25, -0.2) is 0 Å². The first kappa shape index (κ1) is 18.0. The third-order valence-electron chi connectivity index (χ3n) is 6.51. The van der Waals surface area contributed by atoms with Crippen LogP contribution in [0, 0.1) is 17.3 Å². The summed E-state index contributed by atoms with van der Waals surface area (Å²) in [5.41, 5.74) is 1.74. The summed E-state index contributed by atoms with van der Waals surface area (Å²) in [5, 5.41) is 0. The maximum atomic E-state index is 13.1. The van der Waals surface area contributed by atoms with Crippen molar-refractivity contribution in [3.05, 3.63) is 35.3 Å². The summed E-state index contributed by atoms with van der Waals surface area (Å²) in [5.74, 6) is -0.755. The number of ether oxygens (including phenoxy) is 2. The van der Waals surface area contributed by atoms with Gasteiger partial charge in [-0.05, 0) is 36.8 Å². The molecule has 0 amide bonds. The van der Waals surface area contributed by atoms with E-state index in [1.54, 1.807) is 12.5 Å². The van der Waals surface area contributed by atoms with Gasteiger partial charge in [-0.15, -0.1) is 0 Å². The molecule has 144 valence electrons. The fourth-order valence-electron chi connectivity index (χ4n) is 5.21. The molecule has 3 aliphatic rings. The molecule has 2 fully saturated rings. The van der Waals surface area contributed by atoms with Gasteiger partial charge in [-0.1, -0.05) is 6.92 Å². The number of allylic oxidation sites excluding steroid dienone is 1. The number of hydrogen-bond donors (Lipinski definition) is 0. The number of cyclic esters (lactones) is 1. The smallest absolute Gasteiger partial charge is 0.313 e. The Hall–Kier alpha value is -2.37. The minimum atomic E-state index is -0.701. The number of furan rings is 1. The minimum Gasteiger partial charge on any atom is -0.472 e. The van der Waals surface area contributed by atoms with Crippen LogP contribution in [0.1, 0.15) is 57.6 Å². The highest BCUT2D eigenvalue weighted by Gasteiger charge is 2.62. The third kappa shape index (κ3) is 2.82. The van der Waals surface area contributed by atoms with Crippen LogP contribution in [-0.4, -0.2) is 24.3 Å². The number of carbonyl (C=O) groups excluding carboxylic acids is 3. The molecule has 0 aromatic carbocycles. The van der Waals surface area contributed by atoms with E-state index < -0.39 is 5.41 Å². The molecule has 0 radical (unpaired) electrons. The molecule has 4 atom stereocenters. The zero-order chi connectivity index (χ0) is 19.2. The number of Topliss-reactive ketones (excluding diaryl/α,β-unsaturated/α-hetero) is 1. The van der Waals surface area contributed by atoms with Crippen LogP contribution in [0.3, 0.4) is 0 Å². The van der Waals surface area contributed by atoms with Gasteiger partial charge in [0.1, 0.15) is 12.7 Å². The van der Waals surface area contributed by atoms with Gasteiger partial charge in [0.15, 0.2) is 5.78 Å². The topological polar surface area (TPSA) is 82.8 Å². The lowest BCUT2D eigenvalue weighted by atomic mass is 9.54. The lowest BCUT2D eigenvalue weighted by Gasteiger charge is -2.46. The molecule has 6 nitrogen and oxygen atoms in total. The Morgan fingerprint density at radius 3 is 2.89 bits per heavy atom. The molecular formula is C21H24O6. The van der Waals surface area contributed by atoms with Crippen LogP contribution in [0.15, 0.2) is 34.2 Å². The Kier molecular flexibility index (Phi) is 4.44. The average molecular weight is 372 g/mol. The molecule has 4 rings (SSSR count). The summed E-state index contributed by atoms with van der Waals surface area (Å²) in [4.78, 5) is 37.3. The molecular weight excluding hydrogens is 348 g/mol. The third-order valence-corrected chi connectivity index (χ3v) is 6.51. The second-order valence-corrected chi connectivity index (χ2v) is 7.97. The summed E-state index contributed by atoms with van der Waals surface area (Å²) in [6, 6.07) is 1.82. The van der Waals surface area contributed by atoms with Crippen LogP contribution in [0.5, 0.6) is 0 Å². The molecule has 0 unspecified atom stereocenters. The first-order chi connectivity index (χ1) is 12.9. The highest BCUT2D eigenvalue weighted by molar-refractivity contribution is 6.00. The average Bonchev–Trinajstić information content (AvgIpc) is 3.26.